The minimum Gasteiger partial charge on any atom is -0.494 e. The fourth-order valence-corrected chi connectivity index (χ4v) is 5.46. The molecule has 3 heterocycles. The second-order valence-corrected chi connectivity index (χ2v) is 10.9. The van der Waals surface area contributed by atoms with Crippen molar-refractivity contribution in [1.29, 1.82) is 0 Å². The van der Waals surface area contributed by atoms with Crippen molar-refractivity contribution in [2.45, 2.75) is 50.7 Å². The topological polar surface area (TPSA) is 130 Å². The molecule has 12 heteroatoms. The van der Waals surface area contributed by atoms with Gasteiger partial charge in [0.1, 0.15) is 23.0 Å². The van der Waals surface area contributed by atoms with E-state index in [0.29, 0.717) is 41.9 Å². The molecule has 3 atom stereocenters. The Kier molecular flexibility index (Phi) is 7.74. The van der Waals surface area contributed by atoms with Crippen molar-refractivity contribution < 1.29 is 22.6 Å². The maximum Gasteiger partial charge on any atom is 0.243 e. The van der Waals surface area contributed by atoms with Crippen molar-refractivity contribution in [3.63, 3.8) is 0 Å². The normalized spacial score (nSPS) is 17.9. The summed E-state index contributed by atoms with van der Waals surface area (Å²) >= 11 is 0. The van der Waals surface area contributed by atoms with Crippen molar-refractivity contribution in [3.05, 3.63) is 47.8 Å². The number of nitrogens with zero attached hydrogens (tertiary/aromatic N) is 5. The molecule has 1 saturated heterocycles. The molecule has 1 fully saturated rings. The summed E-state index contributed by atoms with van der Waals surface area (Å²) in [7, 11) is -0.824. The Hall–Kier alpha value is -3.25. The Morgan fingerprint density at radius 2 is 1.83 bits per heavy atom. The van der Waals surface area contributed by atoms with Crippen LogP contribution in [-0.2, 0) is 14.8 Å². The quantitative estimate of drug-likeness (QED) is 0.455. The summed E-state index contributed by atoms with van der Waals surface area (Å²) in [5, 5.41) is 7.82. The second kappa shape index (κ2) is 10.8. The van der Waals surface area contributed by atoms with Gasteiger partial charge in [0.25, 0.3) is 0 Å². The molecule has 11 nitrogen and oxygen atoms in total. The van der Waals surface area contributed by atoms with Crippen LogP contribution in [0.5, 0.6) is 11.5 Å². The average molecular weight is 517 g/mol. The predicted molar refractivity (Wildman–Crippen MR) is 134 cm³/mol. The van der Waals surface area contributed by atoms with Gasteiger partial charge in [0.15, 0.2) is 0 Å². The molecule has 0 amide bonds. The van der Waals surface area contributed by atoms with Gasteiger partial charge in [-0.05, 0) is 38.8 Å². The molecule has 1 aliphatic rings. The van der Waals surface area contributed by atoms with Crippen molar-refractivity contribution >= 4 is 16.0 Å². The molecule has 2 unspecified atom stereocenters. The predicted octanol–water partition coefficient (Wildman–Crippen LogP) is 3.21. The minimum absolute atomic E-state index is 0.0485. The maximum atomic E-state index is 13.5. The summed E-state index contributed by atoms with van der Waals surface area (Å²) < 4.78 is 48.3. The van der Waals surface area contributed by atoms with Crippen LogP contribution in [0.3, 0.4) is 0 Å². The summed E-state index contributed by atoms with van der Waals surface area (Å²) in [6, 6.07) is 5.35. The molecule has 0 bridgehead atoms. The van der Waals surface area contributed by atoms with Crippen LogP contribution in [-0.4, -0.2) is 65.8 Å². The third-order valence-electron chi connectivity index (χ3n) is 6.53. The Morgan fingerprint density at radius 3 is 2.42 bits per heavy atom. The number of nitrogens with one attached hydrogen (secondary N) is 1. The SMILES string of the molecule is COc1cccc(OC)c1-n1c(NS(=O)(=O)C(C)C(C)c2cnc(C)cn2)nnc1[C@@H]1CCCOC1. The molecule has 3 aromatic rings. The van der Waals surface area contributed by atoms with E-state index in [0.717, 1.165) is 18.5 Å². The van der Waals surface area contributed by atoms with Gasteiger partial charge in [0, 0.05) is 30.8 Å². The molecule has 36 heavy (non-hydrogen) atoms. The molecular weight excluding hydrogens is 484 g/mol. The number of anilines is 1. The summed E-state index contributed by atoms with van der Waals surface area (Å²) in [6.07, 6.45) is 4.94. The summed E-state index contributed by atoms with van der Waals surface area (Å²) in [6.45, 7) is 6.41. The van der Waals surface area contributed by atoms with E-state index in [1.807, 2.05) is 13.8 Å². The Morgan fingerprint density at radius 1 is 1.11 bits per heavy atom. The van der Waals surface area contributed by atoms with Crippen LogP contribution in [0.25, 0.3) is 5.69 Å². The fourth-order valence-electron chi connectivity index (χ4n) is 4.21. The monoisotopic (exact) mass is 516 g/mol. The molecule has 1 aliphatic heterocycles. The van der Waals surface area contributed by atoms with Crippen molar-refractivity contribution in [3.8, 4) is 17.2 Å². The highest BCUT2D eigenvalue weighted by atomic mass is 32.2. The number of ether oxygens (including phenoxy) is 3. The molecule has 4 rings (SSSR count). The molecule has 194 valence electrons. The van der Waals surface area contributed by atoms with E-state index in [2.05, 4.69) is 24.9 Å². The minimum atomic E-state index is -3.91. The van der Waals surface area contributed by atoms with E-state index in [9.17, 15) is 8.42 Å². The number of hydrogen-bond donors (Lipinski definition) is 1. The lowest BCUT2D eigenvalue weighted by atomic mass is 10.0. The molecule has 2 aromatic heterocycles. The van der Waals surface area contributed by atoms with Gasteiger partial charge in [-0.1, -0.05) is 13.0 Å². The van der Waals surface area contributed by atoms with Gasteiger partial charge in [-0.3, -0.25) is 19.3 Å². The van der Waals surface area contributed by atoms with Gasteiger partial charge in [0.05, 0.1) is 37.5 Å². The van der Waals surface area contributed by atoms with Crippen molar-refractivity contribution in [2.24, 2.45) is 0 Å². The Labute approximate surface area is 211 Å². The fraction of sp³-hybridized carbons (Fsp3) is 0.500. The first-order valence-corrected chi connectivity index (χ1v) is 13.4. The zero-order valence-electron chi connectivity index (χ0n) is 21.1. The van der Waals surface area contributed by atoms with Crippen LogP contribution in [0.2, 0.25) is 0 Å². The highest BCUT2D eigenvalue weighted by Gasteiger charge is 2.33. The standard InChI is InChI=1S/C24H32N6O5S/c1-15-12-26-19(13-25-15)16(2)17(3)36(31,32)29-24-28-27-23(18-8-7-11-35-14-18)30(24)22-20(33-4)9-6-10-21(22)34-5/h6,9-10,12-13,16-18H,7-8,11,14H2,1-5H3,(H,28,29)/t16?,17?,18-/m1/s1. The van der Waals surface area contributed by atoms with Gasteiger partial charge >= 0.3 is 0 Å². The number of rotatable bonds is 9. The third kappa shape index (κ3) is 5.14. The largest absolute Gasteiger partial charge is 0.494 e. The average Bonchev–Trinajstić information content (AvgIpc) is 3.30. The van der Waals surface area contributed by atoms with Gasteiger partial charge in [-0.2, -0.15) is 0 Å². The van der Waals surface area contributed by atoms with Crippen LogP contribution < -0.4 is 14.2 Å². The van der Waals surface area contributed by atoms with Gasteiger partial charge in [-0.25, -0.2) is 8.42 Å². The van der Waals surface area contributed by atoms with Gasteiger partial charge in [0.2, 0.25) is 16.0 Å². The zero-order chi connectivity index (χ0) is 25.9. The molecule has 1 aromatic carbocycles. The number of aryl methyl sites for hydroxylation is 1. The van der Waals surface area contributed by atoms with Crippen molar-refractivity contribution in [2.75, 3.05) is 32.2 Å². The van der Waals surface area contributed by atoms with Crippen LogP contribution in [0.15, 0.2) is 30.6 Å². The molecule has 0 aliphatic carbocycles. The maximum absolute atomic E-state index is 13.5. The number of sulfonamides is 1. The van der Waals surface area contributed by atoms with E-state index in [1.165, 1.54) is 0 Å². The lowest BCUT2D eigenvalue weighted by molar-refractivity contribution is 0.0775. The number of methoxy groups -OCH3 is 2. The Bertz CT molecular complexity index is 1270. The zero-order valence-corrected chi connectivity index (χ0v) is 21.9. The van der Waals surface area contributed by atoms with E-state index in [1.54, 1.807) is 56.3 Å². The molecular formula is C24H32N6O5S. The summed E-state index contributed by atoms with van der Waals surface area (Å²) in [5.74, 6) is 1.11. The highest BCUT2D eigenvalue weighted by Crippen LogP contribution is 2.38. The lowest BCUT2D eigenvalue weighted by Crippen LogP contribution is -2.31. The lowest BCUT2D eigenvalue weighted by Gasteiger charge is -2.24. The smallest absolute Gasteiger partial charge is 0.243 e. The van der Waals surface area contributed by atoms with E-state index in [4.69, 9.17) is 14.2 Å². The van der Waals surface area contributed by atoms with Gasteiger partial charge in [-0.15, -0.1) is 10.2 Å². The first-order chi connectivity index (χ1) is 17.3. The van der Waals surface area contributed by atoms with Crippen LogP contribution in [0.1, 0.15) is 55.7 Å². The molecule has 0 saturated carbocycles. The summed E-state index contributed by atoms with van der Waals surface area (Å²) in [5.41, 5.74) is 1.86. The van der Waals surface area contributed by atoms with Crippen LogP contribution >= 0.6 is 0 Å². The van der Waals surface area contributed by atoms with Gasteiger partial charge < -0.3 is 14.2 Å². The first kappa shape index (κ1) is 25.8. The van der Waals surface area contributed by atoms with Crippen LogP contribution in [0.4, 0.5) is 5.95 Å². The number of hydrogen-bond acceptors (Lipinski definition) is 9. The van der Waals surface area contributed by atoms with E-state index < -0.39 is 21.2 Å². The van der Waals surface area contributed by atoms with Crippen molar-refractivity contribution in [1.82, 2.24) is 24.7 Å². The molecule has 0 spiro atoms. The second-order valence-electron chi connectivity index (χ2n) is 8.87. The molecule has 1 N–H and O–H groups in total. The number of para-hydroxylation sites is 1. The number of benzene rings is 1. The van der Waals surface area contributed by atoms with Crippen LogP contribution in [0, 0.1) is 6.92 Å². The third-order valence-corrected chi connectivity index (χ3v) is 8.39. The molecule has 0 radical (unpaired) electrons. The summed E-state index contributed by atoms with van der Waals surface area (Å²) in [4.78, 5) is 8.61. The van der Waals surface area contributed by atoms with E-state index in [-0.39, 0.29) is 11.9 Å². The highest BCUT2D eigenvalue weighted by molar-refractivity contribution is 7.93. The van der Waals surface area contributed by atoms with E-state index >= 15 is 0 Å². The Balaban J connectivity index is 1.77. The number of aromatic nitrogens is 5. The first-order valence-electron chi connectivity index (χ1n) is 11.8.